The van der Waals surface area contributed by atoms with Crippen LogP contribution >= 0.6 is 0 Å². The minimum atomic E-state index is -4.59. The molecule has 3 aromatic rings. The Morgan fingerprint density at radius 2 is 1.89 bits per heavy atom. The van der Waals surface area contributed by atoms with Crippen molar-refractivity contribution in [3.8, 4) is 11.3 Å². The number of primary sulfonamides is 1. The number of alkyl halides is 3. The number of benzene rings is 1. The van der Waals surface area contributed by atoms with Gasteiger partial charge in [0.25, 0.3) is 0 Å². The van der Waals surface area contributed by atoms with Crippen molar-refractivity contribution in [2.45, 2.75) is 18.0 Å². The molecule has 2 heterocycles. The number of halogens is 3. The highest BCUT2D eigenvalue weighted by atomic mass is 32.2. The average molecular weight is 411 g/mol. The lowest BCUT2D eigenvalue weighted by molar-refractivity contribution is -0.141. The summed E-state index contributed by atoms with van der Waals surface area (Å²) in [6, 6.07) is 6.16. The minimum Gasteiger partial charge on any atom is -0.340 e. The zero-order valence-corrected chi connectivity index (χ0v) is 15.6. The van der Waals surface area contributed by atoms with E-state index in [2.05, 4.69) is 15.3 Å². The van der Waals surface area contributed by atoms with E-state index >= 15 is 0 Å². The molecule has 0 atom stereocenters. The van der Waals surface area contributed by atoms with Crippen molar-refractivity contribution in [2.75, 3.05) is 5.32 Å². The van der Waals surface area contributed by atoms with Crippen LogP contribution in [0.5, 0.6) is 0 Å². The first kappa shape index (κ1) is 19.8. The average Bonchev–Trinajstić information content (AvgIpc) is 2.99. The van der Waals surface area contributed by atoms with Gasteiger partial charge in [0.05, 0.1) is 16.9 Å². The number of aromatic nitrogens is 3. The first-order valence-electron chi connectivity index (χ1n) is 7.93. The van der Waals surface area contributed by atoms with Gasteiger partial charge in [-0.15, -0.1) is 0 Å². The molecule has 0 aliphatic heterocycles. The quantitative estimate of drug-likeness (QED) is 0.686. The van der Waals surface area contributed by atoms with Crippen molar-refractivity contribution in [1.82, 2.24) is 14.5 Å². The van der Waals surface area contributed by atoms with E-state index in [0.29, 0.717) is 22.5 Å². The van der Waals surface area contributed by atoms with Crippen molar-refractivity contribution in [1.29, 1.82) is 0 Å². The summed E-state index contributed by atoms with van der Waals surface area (Å²) in [7, 11) is -2.27. The number of anilines is 2. The maximum absolute atomic E-state index is 12.9. The largest absolute Gasteiger partial charge is 0.433 e. The second-order valence-corrected chi connectivity index (χ2v) is 7.64. The highest BCUT2D eigenvalue weighted by Crippen LogP contribution is 2.36. The molecule has 3 N–H and O–H groups in total. The number of hydrogen-bond acceptors (Lipinski definition) is 5. The first-order valence-corrected chi connectivity index (χ1v) is 9.47. The molecule has 3 rings (SSSR count). The fourth-order valence-corrected chi connectivity index (χ4v) is 3.56. The predicted octanol–water partition coefficient (Wildman–Crippen LogP) is 3.20. The molecule has 0 radical (unpaired) electrons. The predicted molar refractivity (Wildman–Crippen MR) is 97.3 cm³/mol. The van der Waals surface area contributed by atoms with Gasteiger partial charge in [-0.25, -0.2) is 23.5 Å². The fourth-order valence-electron chi connectivity index (χ4n) is 2.78. The lowest BCUT2D eigenvalue weighted by atomic mass is 10.0. The molecule has 0 fully saturated rings. The van der Waals surface area contributed by atoms with Crippen LogP contribution in [0.4, 0.5) is 24.7 Å². The zero-order valence-electron chi connectivity index (χ0n) is 14.8. The van der Waals surface area contributed by atoms with E-state index in [9.17, 15) is 21.6 Å². The third-order valence-corrected chi connectivity index (χ3v) is 5.04. The third-order valence-electron chi connectivity index (χ3n) is 3.99. The number of aryl methyl sites for hydroxylation is 1. The Morgan fingerprint density at radius 1 is 1.18 bits per heavy atom. The molecule has 28 heavy (non-hydrogen) atoms. The Morgan fingerprint density at radius 3 is 2.46 bits per heavy atom. The van der Waals surface area contributed by atoms with Crippen LogP contribution in [-0.4, -0.2) is 23.0 Å². The lowest BCUT2D eigenvalue weighted by Gasteiger charge is -2.16. The molecule has 11 heteroatoms. The molecule has 0 saturated carbocycles. The van der Waals surface area contributed by atoms with Crippen LogP contribution in [0.3, 0.4) is 0 Å². The number of pyridine rings is 1. The zero-order chi connectivity index (χ0) is 20.7. The molecule has 0 amide bonds. The van der Waals surface area contributed by atoms with Gasteiger partial charge in [0.1, 0.15) is 11.5 Å². The van der Waals surface area contributed by atoms with Crippen molar-refractivity contribution in [2.24, 2.45) is 12.2 Å². The van der Waals surface area contributed by atoms with E-state index in [1.165, 1.54) is 30.6 Å². The SMILES string of the molecule is Cc1c(S(N)(=O)=O)ccc(Nc2cccc(C(F)(F)F)n2)c1-c1cn(C)cn1. The number of nitrogens with two attached hydrogens (primary N) is 1. The molecule has 7 nitrogen and oxygen atoms in total. The number of nitrogens with zero attached hydrogens (tertiary/aromatic N) is 3. The smallest absolute Gasteiger partial charge is 0.340 e. The summed E-state index contributed by atoms with van der Waals surface area (Å²) in [6.07, 6.45) is -1.42. The van der Waals surface area contributed by atoms with Crippen LogP contribution in [0.25, 0.3) is 11.3 Å². The van der Waals surface area contributed by atoms with Gasteiger partial charge in [-0.05, 0) is 36.8 Å². The molecule has 0 saturated heterocycles. The van der Waals surface area contributed by atoms with Crippen molar-refractivity contribution >= 4 is 21.5 Å². The highest BCUT2D eigenvalue weighted by Gasteiger charge is 2.32. The van der Waals surface area contributed by atoms with E-state index in [1.54, 1.807) is 24.7 Å². The summed E-state index contributed by atoms with van der Waals surface area (Å²) in [5, 5.41) is 8.09. The maximum atomic E-state index is 12.9. The molecule has 0 spiro atoms. The van der Waals surface area contributed by atoms with Gasteiger partial charge in [-0.1, -0.05) is 6.07 Å². The highest BCUT2D eigenvalue weighted by molar-refractivity contribution is 7.89. The van der Waals surface area contributed by atoms with E-state index in [1.807, 2.05) is 0 Å². The topological polar surface area (TPSA) is 103 Å². The number of hydrogen-bond donors (Lipinski definition) is 2. The third kappa shape index (κ3) is 3.99. The van der Waals surface area contributed by atoms with Crippen molar-refractivity contribution < 1.29 is 21.6 Å². The van der Waals surface area contributed by atoms with Crippen LogP contribution in [0.1, 0.15) is 11.3 Å². The summed E-state index contributed by atoms with van der Waals surface area (Å²) in [4.78, 5) is 7.69. The monoisotopic (exact) mass is 411 g/mol. The Labute approximate surface area is 159 Å². The first-order chi connectivity index (χ1) is 13.0. The van der Waals surface area contributed by atoms with E-state index in [0.717, 1.165) is 6.07 Å². The van der Waals surface area contributed by atoms with Gasteiger partial charge in [-0.2, -0.15) is 13.2 Å². The van der Waals surface area contributed by atoms with Gasteiger partial charge in [0, 0.05) is 24.5 Å². The van der Waals surface area contributed by atoms with Gasteiger partial charge in [0.15, 0.2) is 0 Å². The van der Waals surface area contributed by atoms with Crippen LogP contribution < -0.4 is 10.5 Å². The molecule has 2 aromatic heterocycles. The van der Waals surface area contributed by atoms with Gasteiger partial charge in [0.2, 0.25) is 10.0 Å². The molecule has 0 unspecified atom stereocenters. The normalized spacial score (nSPS) is 12.2. The maximum Gasteiger partial charge on any atom is 0.433 e. The molecule has 0 aliphatic rings. The number of sulfonamides is 1. The fraction of sp³-hybridized carbons (Fsp3) is 0.176. The summed E-state index contributed by atoms with van der Waals surface area (Å²) in [5.74, 6) is -0.0465. The minimum absolute atomic E-state index is 0.0465. The van der Waals surface area contributed by atoms with Gasteiger partial charge < -0.3 is 9.88 Å². The van der Waals surface area contributed by atoms with Crippen LogP contribution in [0.15, 0.2) is 47.8 Å². The van der Waals surface area contributed by atoms with E-state index < -0.39 is 21.9 Å². The summed E-state index contributed by atoms with van der Waals surface area (Å²) >= 11 is 0. The molecule has 0 bridgehead atoms. The molecular formula is C17H16F3N5O2S. The number of nitrogens with one attached hydrogen (secondary N) is 1. The van der Waals surface area contributed by atoms with Crippen LogP contribution in [0.2, 0.25) is 0 Å². The summed E-state index contributed by atoms with van der Waals surface area (Å²) < 4.78 is 64.1. The second-order valence-electron chi connectivity index (χ2n) is 6.11. The molecule has 0 aliphatic carbocycles. The summed E-state index contributed by atoms with van der Waals surface area (Å²) in [6.45, 7) is 1.55. The Bertz CT molecular complexity index is 1140. The lowest BCUT2D eigenvalue weighted by Crippen LogP contribution is -2.14. The van der Waals surface area contributed by atoms with Crippen LogP contribution in [-0.2, 0) is 23.2 Å². The van der Waals surface area contributed by atoms with Gasteiger partial charge in [-0.3, -0.25) is 0 Å². The Kier molecular flexibility index (Phi) is 4.90. The van der Waals surface area contributed by atoms with E-state index in [-0.39, 0.29) is 10.7 Å². The molecule has 148 valence electrons. The van der Waals surface area contributed by atoms with Crippen LogP contribution in [0, 0.1) is 6.92 Å². The van der Waals surface area contributed by atoms with E-state index in [4.69, 9.17) is 5.14 Å². The number of imidazole rings is 1. The standard InChI is InChI=1S/C17H16F3N5O2S/c1-10-13(28(21,26)27)7-6-11(16(10)12-8-25(2)9-22-12)23-15-5-3-4-14(24-15)17(18,19)20/h3-9H,1-2H3,(H,23,24)(H2,21,26,27). The molecular weight excluding hydrogens is 395 g/mol. The molecule has 1 aromatic carbocycles. The Hall–Kier alpha value is -2.92. The second kappa shape index (κ2) is 6.91. The summed E-state index contributed by atoms with van der Waals surface area (Å²) in [5.41, 5.74) is 0.440. The van der Waals surface area contributed by atoms with Crippen molar-refractivity contribution in [3.63, 3.8) is 0 Å². The van der Waals surface area contributed by atoms with Gasteiger partial charge >= 0.3 is 6.18 Å². The van der Waals surface area contributed by atoms with Crippen molar-refractivity contribution in [3.05, 3.63) is 54.1 Å². The Balaban J connectivity index is 2.15. The number of rotatable bonds is 4.